The average Bonchev–Trinajstić information content (AvgIpc) is 3.11. The maximum atomic E-state index is 5.34. The zero-order valence-corrected chi connectivity index (χ0v) is 9.20. The summed E-state index contributed by atoms with van der Waals surface area (Å²) < 4.78 is 5.34. The predicted octanol–water partition coefficient (Wildman–Crippen LogP) is 3.68. The van der Waals surface area contributed by atoms with Crippen molar-refractivity contribution in [2.45, 2.75) is 24.7 Å². The van der Waals surface area contributed by atoms with Crippen molar-refractivity contribution < 1.29 is 4.74 Å². The predicted molar refractivity (Wildman–Crippen MR) is 63.3 cm³/mol. The van der Waals surface area contributed by atoms with Crippen LogP contribution in [0.25, 0.3) is 0 Å². The fourth-order valence-corrected chi connectivity index (χ4v) is 1.84. The molecule has 0 saturated heterocycles. The Labute approximate surface area is 91.8 Å². The van der Waals surface area contributed by atoms with Crippen LogP contribution in [0.5, 0.6) is 5.75 Å². The second kappa shape index (κ2) is 4.09. The molecule has 1 radical (unpaired) electrons. The first kappa shape index (κ1) is 10.3. The third-order valence-corrected chi connectivity index (χ3v) is 2.99. The van der Waals surface area contributed by atoms with E-state index in [9.17, 15) is 0 Å². The molecule has 79 valence electrons. The lowest BCUT2D eigenvalue weighted by Gasteiger charge is -2.13. The van der Waals surface area contributed by atoms with Crippen LogP contribution in [-0.2, 0) is 0 Å². The molecule has 0 aliphatic heterocycles. The molecule has 1 heteroatoms. The Morgan fingerprint density at radius 1 is 1.47 bits per heavy atom. The van der Waals surface area contributed by atoms with Crippen LogP contribution in [-0.4, -0.2) is 7.11 Å². The highest BCUT2D eigenvalue weighted by Crippen LogP contribution is 2.42. The van der Waals surface area contributed by atoms with Gasteiger partial charge in [0.15, 0.2) is 0 Å². The number of rotatable bonds is 4. The zero-order chi connectivity index (χ0) is 10.8. The van der Waals surface area contributed by atoms with E-state index in [2.05, 4.69) is 25.6 Å². The third-order valence-electron chi connectivity index (χ3n) is 2.99. The van der Waals surface area contributed by atoms with Gasteiger partial charge in [0.25, 0.3) is 0 Å². The fourth-order valence-electron chi connectivity index (χ4n) is 1.84. The van der Waals surface area contributed by atoms with E-state index in [0.29, 0.717) is 0 Å². The molecule has 1 aromatic rings. The summed E-state index contributed by atoms with van der Waals surface area (Å²) in [7, 11) is 1.70. The highest BCUT2D eigenvalue weighted by molar-refractivity contribution is 5.43. The Kier molecular flexibility index (Phi) is 2.81. The summed E-state index contributed by atoms with van der Waals surface area (Å²) in [5.74, 6) is 1.80. The molecule has 0 spiro atoms. The van der Waals surface area contributed by atoms with Gasteiger partial charge >= 0.3 is 0 Å². The van der Waals surface area contributed by atoms with Gasteiger partial charge < -0.3 is 4.74 Å². The quantitative estimate of drug-likeness (QED) is 0.675. The molecule has 1 saturated carbocycles. The summed E-state index contributed by atoms with van der Waals surface area (Å²) in [6.07, 6.45) is 4.50. The van der Waals surface area contributed by atoms with Gasteiger partial charge in [-0.1, -0.05) is 18.2 Å². The van der Waals surface area contributed by atoms with Crippen LogP contribution >= 0.6 is 0 Å². The van der Waals surface area contributed by atoms with Crippen LogP contribution < -0.4 is 4.74 Å². The topological polar surface area (TPSA) is 9.23 Å². The zero-order valence-electron chi connectivity index (χ0n) is 9.20. The minimum Gasteiger partial charge on any atom is -0.496 e. The van der Waals surface area contributed by atoms with Crippen LogP contribution in [0.1, 0.15) is 35.8 Å². The molecule has 1 nitrogen and oxygen atoms in total. The fraction of sp³-hybridized carbons (Fsp3) is 0.357. The highest BCUT2D eigenvalue weighted by Gasteiger charge is 2.24. The van der Waals surface area contributed by atoms with Crippen LogP contribution in [0.15, 0.2) is 30.9 Å². The first-order valence-electron chi connectivity index (χ1n) is 5.39. The molecule has 1 unspecified atom stereocenters. The van der Waals surface area contributed by atoms with E-state index in [-0.39, 0.29) is 5.92 Å². The number of hydrogen-bond donors (Lipinski definition) is 0. The summed E-state index contributed by atoms with van der Waals surface area (Å²) >= 11 is 0. The van der Waals surface area contributed by atoms with Crippen LogP contribution in [0.2, 0.25) is 0 Å². The summed E-state index contributed by atoms with van der Waals surface area (Å²) in [6, 6.07) is 6.43. The monoisotopic (exact) mass is 201 g/mol. The maximum absolute atomic E-state index is 5.34. The molecule has 1 aliphatic rings. The van der Waals surface area contributed by atoms with Crippen LogP contribution in [0.3, 0.4) is 0 Å². The van der Waals surface area contributed by atoms with Gasteiger partial charge in [0, 0.05) is 11.5 Å². The molecule has 0 bridgehead atoms. The van der Waals surface area contributed by atoms with E-state index in [1.165, 1.54) is 18.4 Å². The van der Waals surface area contributed by atoms with Crippen molar-refractivity contribution in [2.24, 2.45) is 0 Å². The highest BCUT2D eigenvalue weighted by atomic mass is 16.5. The van der Waals surface area contributed by atoms with E-state index in [1.54, 1.807) is 7.11 Å². The summed E-state index contributed by atoms with van der Waals surface area (Å²) in [5.41, 5.74) is 2.57. The van der Waals surface area contributed by atoms with Crippen molar-refractivity contribution in [1.82, 2.24) is 0 Å². The molecule has 0 heterocycles. The molecular formula is C14H17O. The number of ether oxygens (including phenoxy) is 1. The maximum Gasteiger partial charge on any atom is 0.122 e. The number of benzene rings is 1. The lowest BCUT2D eigenvalue weighted by atomic mass is 9.96. The Balaban J connectivity index is 2.37. The van der Waals surface area contributed by atoms with Gasteiger partial charge in [0.1, 0.15) is 5.75 Å². The number of methoxy groups -OCH3 is 1. The average molecular weight is 201 g/mol. The van der Waals surface area contributed by atoms with E-state index in [1.807, 2.05) is 12.1 Å². The van der Waals surface area contributed by atoms with Crippen molar-refractivity contribution in [3.8, 4) is 5.75 Å². The third kappa shape index (κ3) is 2.06. The lowest BCUT2D eigenvalue weighted by molar-refractivity contribution is 0.409. The van der Waals surface area contributed by atoms with Gasteiger partial charge in [-0.3, -0.25) is 0 Å². The summed E-state index contributed by atoms with van der Waals surface area (Å²) in [6.45, 7) is 7.84. The van der Waals surface area contributed by atoms with E-state index >= 15 is 0 Å². The molecule has 1 aromatic carbocycles. The SMILES string of the molecule is [CH2]C(C=C)c1cc(C2CC2)ccc1OC. The Bertz CT molecular complexity index is 364. The standard InChI is InChI=1S/C14H17O/c1-4-10(2)13-9-12(11-5-6-11)7-8-14(13)15-3/h4,7-11H,1-2,5-6H2,3H3. The van der Waals surface area contributed by atoms with Crippen molar-refractivity contribution in [3.63, 3.8) is 0 Å². The molecule has 0 aromatic heterocycles. The number of hydrogen-bond acceptors (Lipinski definition) is 1. The molecule has 0 N–H and O–H groups in total. The van der Waals surface area contributed by atoms with E-state index in [4.69, 9.17) is 4.74 Å². The van der Waals surface area contributed by atoms with E-state index in [0.717, 1.165) is 17.2 Å². The van der Waals surface area contributed by atoms with Gasteiger partial charge in [-0.05, 0) is 37.3 Å². The molecule has 1 aliphatic carbocycles. The second-order valence-corrected chi connectivity index (χ2v) is 4.12. The molecule has 0 amide bonds. The van der Waals surface area contributed by atoms with Crippen molar-refractivity contribution in [1.29, 1.82) is 0 Å². The van der Waals surface area contributed by atoms with Crippen molar-refractivity contribution in [3.05, 3.63) is 48.9 Å². The van der Waals surface area contributed by atoms with Gasteiger partial charge in [-0.25, -0.2) is 0 Å². The second-order valence-electron chi connectivity index (χ2n) is 4.12. The minimum absolute atomic E-state index is 0.110. The van der Waals surface area contributed by atoms with Gasteiger partial charge in [-0.15, -0.1) is 6.58 Å². The Morgan fingerprint density at radius 2 is 2.20 bits per heavy atom. The van der Waals surface area contributed by atoms with Crippen molar-refractivity contribution >= 4 is 0 Å². The normalized spacial score (nSPS) is 17.2. The largest absolute Gasteiger partial charge is 0.496 e. The Hall–Kier alpha value is -1.24. The Morgan fingerprint density at radius 3 is 2.73 bits per heavy atom. The molecule has 1 fully saturated rings. The van der Waals surface area contributed by atoms with Gasteiger partial charge in [-0.2, -0.15) is 0 Å². The first-order chi connectivity index (χ1) is 7.26. The smallest absolute Gasteiger partial charge is 0.122 e. The number of allylic oxidation sites excluding steroid dienone is 1. The van der Waals surface area contributed by atoms with Gasteiger partial charge in [0.05, 0.1) is 7.11 Å². The molecule has 1 atom stereocenters. The van der Waals surface area contributed by atoms with Crippen molar-refractivity contribution in [2.75, 3.05) is 7.11 Å². The lowest BCUT2D eigenvalue weighted by Crippen LogP contribution is -1.96. The van der Waals surface area contributed by atoms with E-state index < -0.39 is 0 Å². The van der Waals surface area contributed by atoms with Crippen LogP contribution in [0, 0.1) is 6.92 Å². The minimum atomic E-state index is 0.110. The summed E-state index contributed by atoms with van der Waals surface area (Å²) in [5, 5.41) is 0. The molecular weight excluding hydrogens is 184 g/mol. The first-order valence-corrected chi connectivity index (χ1v) is 5.39. The van der Waals surface area contributed by atoms with Gasteiger partial charge in [0.2, 0.25) is 0 Å². The van der Waals surface area contributed by atoms with Crippen LogP contribution in [0.4, 0.5) is 0 Å². The molecule has 15 heavy (non-hydrogen) atoms. The summed E-state index contributed by atoms with van der Waals surface area (Å²) in [4.78, 5) is 0. The molecule has 2 rings (SSSR count).